The first-order valence-electron chi connectivity index (χ1n) is 8.06. The summed E-state index contributed by atoms with van der Waals surface area (Å²) in [6.07, 6.45) is 0. The summed E-state index contributed by atoms with van der Waals surface area (Å²) in [6.45, 7) is -0.0246. The number of hydrogen-bond acceptors (Lipinski definition) is 4. The maximum atomic E-state index is 14.4. The molecular formula is C18H17F2N3O4. The number of hydrogen-bond donors (Lipinski definition) is 4. The molecule has 1 fully saturated rings. The summed E-state index contributed by atoms with van der Waals surface area (Å²) in [6, 6.07) is 5.85. The van der Waals surface area contributed by atoms with Crippen LogP contribution in [0.1, 0.15) is 11.5 Å². The van der Waals surface area contributed by atoms with Gasteiger partial charge >= 0.3 is 6.03 Å². The summed E-state index contributed by atoms with van der Waals surface area (Å²) >= 11 is 0. The molecule has 0 bridgehead atoms. The fraction of sp³-hybridized carbons (Fsp3) is 0.222. The predicted molar refractivity (Wildman–Crippen MR) is 92.7 cm³/mol. The van der Waals surface area contributed by atoms with Gasteiger partial charge in [-0.15, -0.1) is 0 Å². The molecule has 0 spiro atoms. The third-order valence-electron chi connectivity index (χ3n) is 4.25. The van der Waals surface area contributed by atoms with E-state index in [-0.39, 0.29) is 23.6 Å². The Bertz CT molecular complexity index is 850. The van der Waals surface area contributed by atoms with Gasteiger partial charge < -0.3 is 25.8 Å². The van der Waals surface area contributed by atoms with Crippen LogP contribution in [0.5, 0.6) is 11.5 Å². The molecule has 1 aliphatic heterocycles. The number of carbonyl (C=O) groups excluding carboxylic acids is 2. The van der Waals surface area contributed by atoms with Crippen LogP contribution >= 0.6 is 0 Å². The van der Waals surface area contributed by atoms with Crippen molar-refractivity contribution in [3.8, 4) is 11.5 Å². The number of phenols is 1. The van der Waals surface area contributed by atoms with Gasteiger partial charge in [0, 0.05) is 35.8 Å². The number of rotatable bonds is 4. The molecule has 2 aromatic rings. The van der Waals surface area contributed by atoms with E-state index in [2.05, 4.69) is 16.0 Å². The molecule has 9 heteroatoms. The molecule has 0 aromatic heterocycles. The molecule has 1 aliphatic rings. The number of benzene rings is 2. The minimum atomic E-state index is -1.15. The molecule has 3 amide bonds. The van der Waals surface area contributed by atoms with Crippen LogP contribution in [-0.4, -0.2) is 36.7 Å². The third-order valence-corrected chi connectivity index (χ3v) is 4.25. The Labute approximate surface area is 153 Å². The number of aromatic hydroxyl groups is 1. The van der Waals surface area contributed by atoms with E-state index in [9.17, 15) is 23.5 Å². The highest BCUT2D eigenvalue weighted by molar-refractivity contribution is 5.95. The maximum absolute atomic E-state index is 14.4. The molecular weight excluding hydrogens is 360 g/mol. The minimum absolute atomic E-state index is 0.0145. The molecule has 1 saturated heterocycles. The van der Waals surface area contributed by atoms with Crippen molar-refractivity contribution in [1.82, 2.24) is 10.6 Å². The fourth-order valence-corrected chi connectivity index (χ4v) is 2.94. The van der Waals surface area contributed by atoms with Crippen LogP contribution in [0.4, 0.5) is 19.3 Å². The zero-order valence-corrected chi connectivity index (χ0v) is 14.3. The molecule has 27 heavy (non-hydrogen) atoms. The summed E-state index contributed by atoms with van der Waals surface area (Å²) in [7, 11) is 1.28. The topological polar surface area (TPSA) is 99.7 Å². The summed E-state index contributed by atoms with van der Waals surface area (Å²) in [5, 5.41) is 16.7. The number of methoxy groups -OCH3 is 1. The molecule has 0 aliphatic carbocycles. The first-order valence-corrected chi connectivity index (χ1v) is 8.06. The molecule has 0 saturated carbocycles. The number of halogens is 2. The minimum Gasteiger partial charge on any atom is -0.508 e. The SMILES string of the molecule is COc1cc(F)c(C2CNC(=O)C2NC(=O)Nc2ccc(O)cc2)c(F)c1. The average Bonchev–Trinajstić information content (AvgIpc) is 2.97. The second kappa shape index (κ2) is 7.48. The van der Waals surface area contributed by atoms with E-state index in [4.69, 9.17) is 4.74 Å². The molecule has 2 aromatic carbocycles. The lowest BCUT2D eigenvalue weighted by Gasteiger charge is -2.20. The highest BCUT2D eigenvalue weighted by atomic mass is 19.1. The second-order valence-corrected chi connectivity index (χ2v) is 5.98. The lowest BCUT2D eigenvalue weighted by Crippen LogP contribution is -2.45. The van der Waals surface area contributed by atoms with Crippen molar-refractivity contribution < 1.29 is 28.2 Å². The van der Waals surface area contributed by atoms with E-state index in [0.717, 1.165) is 12.1 Å². The van der Waals surface area contributed by atoms with Crippen molar-refractivity contribution in [1.29, 1.82) is 0 Å². The number of urea groups is 1. The number of nitrogens with one attached hydrogen (secondary N) is 3. The van der Waals surface area contributed by atoms with Crippen LogP contribution in [0.15, 0.2) is 36.4 Å². The van der Waals surface area contributed by atoms with Gasteiger partial charge in [0.15, 0.2) is 0 Å². The van der Waals surface area contributed by atoms with Gasteiger partial charge in [0.1, 0.15) is 29.2 Å². The zero-order chi connectivity index (χ0) is 19.6. The van der Waals surface area contributed by atoms with Gasteiger partial charge in [-0.05, 0) is 24.3 Å². The van der Waals surface area contributed by atoms with E-state index >= 15 is 0 Å². The molecule has 2 unspecified atom stereocenters. The smallest absolute Gasteiger partial charge is 0.319 e. The van der Waals surface area contributed by atoms with Crippen molar-refractivity contribution >= 4 is 17.6 Å². The summed E-state index contributed by atoms with van der Waals surface area (Å²) in [4.78, 5) is 24.3. The molecule has 1 heterocycles. The van der Waals surface area contributed by atoms with Gasteiger partial charge in [-0.1, -0.05) is 0 Å². The number of ether oxygens (including phenoxy) is 1. The molecule has 2 atom stereocenters. The summed E-state index contributed by atoms with van der Waals surface area (Å²) in [5.74, 6) is -3.15. The molecule has 7 nitrogen and oxygen atoms in total. The fourth-order valence-electron chi connectivity index (χ4n) is 2.94. The van der Waals surface area contributed by atoms with Gasteiger partial charge in [-0.3, -0.25) is 4.79 Å². The predicted octanol–water partition coefficient (Wildman–Crippen LogP) is 2.08. The summed E-state index contributed by atoms with van der Waals surface area (Å²) < 4.78 is 33.5. The normalized spacial score (nSPS) is 18.7. The highest BCUT2D eigenvalue weighted by Crippen LogP contribution is 2.31. The zero-order valence-electron chi connectivity index (χ0n) is 14.3. The Hall–Kier alpha value is -3.36. The van der Waals surface area contributed by atoms with Crippen molar-refractivity contribution in [2.45, 2.75) is 12.0 Å². The Morgan fingerprint density at radius 3 is 2.44 bits per heavy atom. The maximum Gasteiger partial charge on any atom is 0.319 e. The van der Waals surface area contributed by atoms with Crippen molar-refractivity contribution in [3.63, 3.8) is 0 Å². The van der Waals surface area contributed by atoms with Crippen molar-refractivity contribution in [2.24, 2.45) is 0 Å². The quantitative estimate of drug-likeness (QED) is 0.613. The largest absolute Gasteiger partial charge is 0.508 e. The van der Waals surface area contributed by atoms with E-state index < -0.39 is 35.5 Å². The highest BCUT2D eigenvalue weighted by Gasteiger charge is 2.40. The van der Waals surface area contributed by atoms with Crippen molar-refractivity contribution in [2.75, 3.05) is 19.0 Å². The lowest BCUT2D eigenvalue weighted by atomic mass is 9.93. The number of anilines is 1. The first-order chi connectivity index (χ1) is 12.9. The van der Waals surface area contributed by atoms with E-state index in [1.807, 2.05) is 0 Å². The van der Waals surface area contributed by atoms with Gasteiger partial charge in [0.05, 0.1) is 7.11 Å². The van der Waals surface area contributed by atoms with Crippen LogP contribution in [0.3, 0.4) is 0 Å². The summed E-state index contributed by atoms with van der Waals surface area (Å²) in [5.41, 5.74) is 0.0751. The van der Waals surface area contributed by atoms with E-state index in [1.165, 1.54) is 31.4 Å². The second-order valence-electron chi connectivity index (χ2n) is 5.98. The monoisotopic (exact) mass is 377 g/mol. The molecule has 0 radical (unpaired) electrons. The van der Waals surface area contributed by atoms with Crippen LogP contribution in [0, 0.1) is 11.6 Å². The number of carbonyl (C=O) groups is 2. The van der Waals surface area contributed by atoms with Crippen LogP contribution < -0.4 is 20.7 Å². The number of amides is 3. The average molecular weight is 377 g/mol. The Kier molecular flexibility index (Phi) is 5.11. The van der Waals surface area contributed by atoms with Crippen LogP contribution in [0.2, 0.25) is 0 Å². The van der Waals surface area contributed by atoms with E-state index in [0.29, 0.717) is 5.69 Å². The Morgan fingerprint density at radius 2 is 1.85 bits per heavy atom. The van der Waals surface area contributed by atoms with Crippen molar-refractivity contribution in [3.05, 3.63) is 53.6 Å². The molecule has 142 valence electrons. The van der Waals surface area contributed by atoms with Gasteiger partial charge in [-0.2, -0.15) is 0 Å². The first kappa shape index (κ1) is 18.4. The number of phenolic OH excluding ortho intramolecular Hbond substituents is 1. The third kappa shape index (κ3) is 3.91. The van der Waals surface area contributed by atoms with Crippen LogP contribution in [0.25, 0.3) is 0 Å². The lowest BCUT2D eigenvalue weighted by molar-refractivity contribution is -0.120. The van der Waals surface area contributed by atoms with Crippen LogP contribution in [-0.2, 0) is 4.79 Å². The molecule has 3 rings (SSSR count). The van der Waals surface area contributed by atoms with Gasteiger partial charge in [0.2, 0.25) is 5.91 Å². The molecule has 4 N–H and O–H groups in total. The Balaban J connectivity index is 1.78. The van der Waals surface area contributed by atoms with Gasteiger partial charge in [-0.25, -0.2) is 13.6 Å². The Morgan fingerprint density at radius 1 is 1.22 bits per heavy atom. The van der Waals surface area contributed by atoms with E-state index in [1.54, 1.807) is 0 Å². The standard InChI is InChI=1S/C18H17F2N3O4/c1-27-11-6-13(19)15(14(20)7-11)12-8-21-17(25)16(12)23-18(26)22-9-2-4-10(24)5-3-9/h2-7,12,16,24H,8H2,1H3,(H,21,25)(H2,22,23,26). The van der Waals surface area contributed by atoms with Gasteiger partial charge in [0.25, 0.3) is 0 Å².